The van der Waals surface area contributed by atoms with Crippen LogP contribution in [0, 0.1) is 0 Å². The Morgan fingerprint density at radius 1 is 1.38 bits per heavy atom. The second-order valence-electron chi connectivity index (χ2n) is 4.20. The molecule has 0 fully saturated rings. The number of carbonyl (C=O) groups excluding carboxylic acids is 2. The molecular formula is C9H16LiNO5. The standard InChI is InChI=1S/C9H17NO5.Li/c1-5(6(11)7(12)13)10-8(14)15-9(2,3)4;/h5-6,11H,1-4H3,(H,10,14)(H,12,13);/q;+1/p-1. The predicted octanol–water partition coefficient (Wildman–Crippen LogP) is -3.99. The Hall–Kier alpha value is -0.703. The number of carboxylic acid groups (broad SMARTS) is 1. The second kappa shape index (κ2) is 6.79. The molecule has 1 amide bonds. The van der Waals surface area contributed by atoms with Crippen molar-refractivity contribution >= 4 is 12.1 Å². The van der Waals surface area contributed by atoms with Gasteiger partial charge in [-0.05, 0) is 27.7 Å². The molecule has 0 aromatic heterocycles. The van der Waals surface area contributed by atoms with Gasteiger partial charge in [-0.1, -0.05) is 0 Å². The van der Waals surface area contributed by atoms with Crippen LogP contribution in [0.1, 0.15) is 27.7 Å². The van der Waals surface area contributed by atoms with Crippen molar-refractivity contribution in [3.8, 4) is 0 Å². The van der Waals surface area contributed by atoms with E-state index in [1.807, 2.05) is 0 Å². The fourth-order valence-electron chi connectivity index (χ4n) is 0.777. The van der Waals surface area contributed by atoms with Crippen LogP contribution in [0.2, 0.25) is 0 Å². The summed E-state index contributed by atoms with van der Waals surface area (Å²) in [5, 5.41) is 21.4. The van der Waals surface area contributed by atoms with Crippen molar-refractivity contribution in [2.24, 2.45) is 0 Å². The number of carbonyl (C=O) groups is 2. The Morgan fingerprint density at radius 2 is 1.81 bits per heavy atom. The quantitative estimate of drug-likeness (QED) is 0.477. The van der Waals surface area contributed by atoms with E-state index >= 15 is 0 Å². The van der Waals surface area contributed by atoms with E-state index in [0.717, 1.165) is 0 Å². The molecule has 0 aromatic carbocycles. The van der Waals surface area contributed by atoms with E-state index in [9.17, 15) is 14.7 Å². The fraction of sp³-hybridized carbons (Fsp3) is 0.778. The first-order valence-corrected chi connectivity index (χ1v) is 4.52. The van der Waals surface area contributed by atoms with Gasteiger partial charge in [0.15, 0.2) is 0 Å². The molecule has 2 N–H and O–H groups in total. The fourth-order valence-corrected chi connectivity index (χ4v) is 0.777. The van der Waals surface area contributed by atoms with Crippen LogP contribution in [0.5, 0.6) is 0 Å². The minimum Gasteiger partial charge on any atom is -0.547 e. The average molecular weight is 225 g/mol. The Bertz CT molecular complexity index is 251. The molecule has 0 aliphatic carbocycles. The number of rotatable bonds is 3. The Kier molecular flexibility index (Phi) is 7.50. The van der Waals surface area contributed by atoms with E-state index in [4.69, 9.17) is 9.84 Å². The van der Waals surface area contributed by atoms with Crippen molar-refractivity contribution < 1.29 is 43.4 Å². The van der Waals surface area contributed by atoms with Gasteiger partial charge in [-0.25, -0.2) is 4.79 Å². The van der Waals surface area contributed by atoms with E-state index in [2.05, 4.69) is 5.32 Å². The van der Waals surface area contributed by atoms with Gasteiger partial charge in [0, 0.05) is 0 Å². The molecule has 2 unspecified atom stereocenters. The molecule has 7 heteroatoms. The van der Waals surface area contributed by atoms with Crippen molar-refractivity contribution in [2.45, 2.75) is 45.4 Å². The van der Waals surface area contributed by atoms with Gasteiger partial charge in [0.2, 0.25) is 0 Å². The van der Waals surface area contributed by atoms with Crippen molar-refractivity contribution in [1.82, 2.24) is 5.32 Å². The van der Waals surface area contributed by atoms with E-state index in [1.54, 1.807) is 20.8 Å². The summed E-state index contributed by atoms with van der Waals surface area (Å²) in [6.45, 7) is 6.36. The van der Waals surface area contributed by atoms with Gasteiger partial charge in [0.25, 0.3) is 0 Å². The molecule has 88 valence electrons. The number of alkyl carbamates (subject to hydrolysis) is 1. The molecule has 0 rings (SSSR count). The van der Waals surface area contributed by atoms with Crippen LogP contribution in [0.4, 0.5) is 4.79 Å². The number of ether oxygens (including phenoxy) is 1. The Morgan fingerprint density at radius 3 is 2.12 bits per heavy atom. The maximum Gasteiger partial charge on any atom is 1.00 e. The summed E-state index contributed by atoms with van der Waals surface area (Å²) in [5.74, 6) is -1.64. The maximum absolute atomic E-state index is 11.1. The first-order chi connectivity index (χ1) is 6.63. The van der Waals surface area contributed by atoms with Gasteiger partial charge in [-0.15, -0.1) is 0 Å². The molecule has 0 saturated carbocycles. The molecule has 0 heterocycles. The summed E-state index contributed by atoms with van der Waals surface area (Å²) < 4.78 is 4.86. The number of aliphatic hydroxyl groups is 1. The van der Waals surface area contributed by atoms with Crippen LogP contribution in [0.25, 0.3) is 0 Å². The summed E-state index contributed by atoms with van der Waals surface area (Å²) in [5.41, 5.74) is -0.670. The summed E-state index contributed by atoms with van der Waals surface area (Å²) in [6, 6.07) is -0.968. The number of aliphatic carboxylic acids is 1. The normalized spacial score (nSPS) is 14.3. The predicted molar refractivity (Wildman–Crippen MR) is 49.8 cm³/mol. The molecule has 0 bridgehead atoms. The first kappa shape index (κ1) is 17.7. The molecule has 0 spiro atoms. The number of amides is 1. The van der Waals surface area contributed by atoms with Crippen LogP contribution in [-0.4, -0.2) is 34.9 Å². The third kappa shape index (κ3) is 7.57. The van der Waals surface area contributed by atoms with Gasteiger partial charge in [-0.3, -0.25) is 0 Å². The monoisotopic (exact) mass is 225 g/mol. The Balaban J connectivity index is 0. The SMILES string of the molecule is CC(NC(=O)OC(C)(C)C)C(O)C(=O)[O-].[Li+]. The van der Waals surface area contributed by atoms with Gasteiger partial charge >= 0.3 is 25.0 Å². The van der Waals surface area contributed by atoms with Crippen LogP contribution in [-0.2, 0) is 9.53 Å². The van der Waals surface area contributed by atoms with Crippen LogP contribution >= 0.6 is 0 Å². The van der Waals surface area contributed by atoms with Gasteiger partial charge in [-0.2, -0.15) is 0 Å². The number of nitrogens with one attached hydrogen (secondary N) is 1. The van der Waals surface area contributed by atoms with E-state index in [1.165, 1.54) is 6.92 Å². The largest absolute Gasteiger partial charge is 1.00 e. The summed E-state index contributed by atoms with van der Waals surface area (Å²) in [6.07, 6.45) is -2.53. The third-order valence-corrected chi connectivity index (χ3v) is 1.46. The van der Waals surface area contributed by atoms with Crippen molar-refractivity contribution in [3.63, 3.8) is 0 Å². The molecule has 0 aliphatic heterocycles. The molecule has 0 aromatic rings. The Labute approximate surface area is 107 Å². The van der Waals surface area contributed by atoms with E-state index in [0.29, 0.717) is 0 Å². The second-order valence-corrected chi connectivity index (χ2v) is 4.20. The summed E-state index contributed by atoms with van der Waals surface area (Å²) >= 11 is 0. The average Bonchev–Trinajstić information content (AvgIpc) is 1.98. The van der Waals surface area contributed by atoms with E-state index in [-0.39, 0.29) is 18.9 Å². The minimum absolute atomic E-state index is 0. The van der Waals surface area contributed by atoms with Crippen molar-refractivity contribution in [3.05, 3.63) is 0 Å². The topological polar surface area (TPSA) is 98.7 Å². The van der Waals surface area contributed by atoms with Gasteiger partial charge < -0.3 is 25.1 Å². The molecule has 0 saturated heterocycles. The van der Waals surface area contributed by atoms with Gasteiger partial charge in [0.1, 0.15) is 11.7 Å². The zero-order valence-electron chi connectivity index (χ0n) is 10.2. The number of carboxylic acids is 1. The molecule has 16 heavy (non-hydrogen) atoms. The minimum atomic E-state index is -1.75. The molecule has 0 aliphatic rings. The van der Waals surface area contributed by atoms with Crippen LogP contribution in [0.3, 0.4) is 0 Å². The van der Waals surface area contributed by atoms with Crippen molar-refractivity contribution in [1.29, 1.82) is 0 Å². The third-order valence-electron chi connectivity index (χ3n) is 1.46. The summed E-state index contributed by atoms with van der Waals surface area (Å²) in [7, 11) is 0. The molecular weight excluding hydrogens is 209 g/mol. The zero-order chi connectivity index (χ0) is 12.2. The zero-order valence-corrected chi connectivity index (χ0v) is 10.2. The van der Waals surface area contributed by atoms with Crippen molar-refractivity contribution in [2.75, 3.05) is 0 Å². The number of aliphatic hydroxyl groups excluding tert-OH is 1. The van der Waals surface area contributed by atoms with Crippen LogP contribution in [0.15, 0.2) is 0 Å². The van der Waals surface area contributed by atoms with Crippen LogP contribution < -0.4 is 29.3 Å². The summed E-state index contributed by atoms with van der Waals surface area (Å²) in [4.78, 5) is 21.4. The first-order valence-electron chi connectivity index (χ1n) is 4.52. The smallest absolute Gasteiger partial charge is 0.547 e. The van der Waals surface area contributed by atoms with Gasteiger partial charge in [0.05, 0.1) is 12.0 Å². The number of hydrogen-bond donors (Lipinski definition) is 2. The molecule has 6 nitrogen and oxygen atoms in total. The molecule has 0 radical (unpaired) electrons. The number of hydrogen-bond acceptors (Lipinski definition) is 5. The van der Waals surface area contributed by atoms with E-state index < -0.39 is 29.8 Å². The maximum atomic E-state index is 11.1. The molecule has 2 atom stereocenters.